The Bertz CT molecular complexity index is 1130. The maximum Gasteiger partial charge on any atom is 0.291 e. The average molecular weight is 464 g/mol. The Labute approximate surface area is 199 Å². The van der Waals surface area contributed by atoms with E-state index in [0.717, 1.165) is 29.2 Å². The average Bonchev–Trinajstić information content (AvgIpc) is 3.18. The van der Waals surface area contributed by atoms with Crippen LogP contribution >= 0.6 is 12.2 Å². The zero-order valence-corrected chi connectivity index (χ0v) is 20.0. The van der Waals surface area contributed by atoms with Gasteiger partial charge in [-0.05, 0) is 30.0 Å². The summed E-state index contributed by atoms with van der Waals surface area (Å²) in [5.74, 6) is 1.82. The number of carbonyl (C=O) groups is 1. The van der Waals surface area contributed by atoms with E-state index in [1.54, 1.807) is 0 Å². The first-order valence-corrected chi connectivity index (χ1v) is 11.6. The van der Waals surface area contributed by atoms with Crippen LogP contribution in [0.4, 0.5) is 5.69 Å². The Morgan fingerprint density at radius 3 is 2.67 bits per heavy atom. The minimum atomic E-state index is -0.468. The number of amides is 1. The van der Waals surface area contributed by atoms with Crippen molar-refractivity contribution in [1.82, 2.24) is 20.1 Å². The zero-order valence-electron chi connectivity index (χ0n) is 19.2. The van der Waals surface area contributed by atoms with Crippen molar-refractivity contribution in [2.75, 3.05) is 18.6 Å². The Morgan fingerprint density at radius 1 is 1.18 bits per heavy atom. The fraction of sp³-hybridized carbons (Fsp3) is 0.360. The lowest BCUT2D eigenvalue weighted by atomic mass is 10.1. The van der Waals surface area contributed by atoms with Crippen molar-refractivity contribution in [3.63, 3.8) is 0 Å². The smallest absolute Gasteiger partial charge is 0.291 e. The molecule has 33 heavy (non-hydrogen) atoms. The van der Waals surface area contributed by atoms with Crippen LogP contribution in [0, 0.1) is 5.92 Å². The van der Waals surface area contributed by atoms with Crippen LogP contribution in [0.3, 0.4) is 0 Å². The van der Waals surface area contributed by atoms with Crippen LogP contribution in [0.15, 0.2) is 54.6 Å². The molecule has 2 aromatic carbocycles. The second kappa shape index (κ2) is 10.1. The first kappa shape index (κ1) is 22.9. The van der Waals surface area contributed by atoms with Gasteiger partial charge in [0.05, 0.1) is 5.69 Å². The van der Waals surface area contributed by atoms with Crippen molar-refractivity contribution in [3.8, 4) is 5.75 Å². The number of nitrogens with one attached hydrogen (secondary N) is 1. The zero-order chi connectivity index (χ0) is 23.4. The van der Waals surface area contributed by atoms with Crippen molar-refractivity contribution in [2.24, 2.45) is 5.92 Å². The van der Waals surface area contributed by atoms with Gasteiger partial charge >= 0.3 is 0 Å². The van der Waals surface area contributed by atoms with Gasteiger partial charge in [0.2, 0.25) is 5.82 Å². The van der Waals surface area contributed by atoms with Gasteiger partial charge in [-0.3, -0.25) is 4.79 Å². The van der Waals surface area contributed by atoms with Crippen molar-refractivity contribution in [1.29, 1.82) is 0 Å². The summed E-state index contributed by atoms with van der Waals surface area (Å²) in [5, 5.41) is 7.52. The van der Waals surface area contributed by atoms with Gasteiger partial charge in [-0.15, -0.1) is 5.10 Å². The van der Waals surface area contributed by atoms with Gasteiger partial charge in [-0.2, -0.15) is 0 Å². The number of aromatic nitrogens is 3. The lowest BCUT2D eigenvalue weighted by molar-refractivity contribution is 0.0927. The fourth-order valence-corrected chi connectivity index (χ4v) is 3.94. The molecule has 1 aromatic heterocycles. The molecule has 8 heteroatoms. The minimum absolute atomic E-state index is 0.150. The second-order valence-electron chi connectivity index (χ2n) is 8.62. The molecule has 2 heterocycles. The molecule has 7 nitrogen and oxygen atoms in total. The van der Waals surface area contributed by atoms with E-state index in [-0.39, 0.29) is 18.3 Å². The maximum atomic E-state index is 13.1. The van der Waals surface area contributed by atoms with Crippen LogP contribution in [-0.2, 0) is 13.0 Å². The molecule has 1 aliphatic heterocycles. The quantitative estimate of drug-likeness (QED) is 0.537. The predicted octanol–water partition coefficient (Wildman–Crippen LogP) is 3.87. The molecule has 1 aliphatic rings. The molecule has 0 radical (unpaired) electrons. The number of rotatable bonds is 7. The summed E-state index contributed by atoms with van der Waals surface area (Å²) in [7, 11) is 1.88. The summed E-state index contributed by atoms with van der Waals surface area (Å²) in [6, 6.07) is 17.3. The standard InChI is InChI=1S/C25H29N5O2S/c1-17(2)13-14-30-22(15-18-9-5-4-6-10-18)27-23(28-30)24(31)26-19-16-32-21-12-8-7-11-20(21)29(3)25(19)33/h4-12,17,19H,13-16H2,1-3H3,(H,26,31)/t19-/m0/s1. The SMILES string of the molecule is CC(C)CCn1nc(C(=O)N[C@H]2COc3ccccc3N(C)C2=S)nc1Cc1ccccc1. The third-order valence-corrected chi connectivity index (χ3v) is 6.20. The molecule has 0 bridgehead atoms. The minimum Gasteiger partial charge on any atom is -0.489 e. The van der Waals surface area contributed by atoms with Crippen LogP contribution in [0.25, 0.3) is 0 Å². The Kier molecular flexibility index (Phi) is 7.03. The number of likely N-dealkylation sites (N-methyl/N-ethyl adjacent to an activating group) is 1. The molecule has 0 aliphatic carbocycles. The highest BCUT2D eigenvalue weighted by Gasteiger charge is 2.29. The summed E-state index contributed by atoms with van der Waals surface area (Å²) < 4.78 is 7.77. The summed E-state index contributed by atoms with van der Waals surface area (Å²) in [5.41, 5.74) is 2.00. The van der Waals surface area contributed by atoms with E-state index < -0.39 is 6.04 Å². The lowest BCUT2D eigenvalue weighted by Crippen LogP contribution is -2.48. The Balaban J connectivity index is 1.52. The Hall–Kier alpha value is -3.26. The van der Waals surface area contributed by atoms with Gasteiger partial charge in [-0.1, -0.05) is 68.5 Å². The molecule has 1 amide bonds. The number of carbonyl (C=O) groups excluding carboxylic acids is 1. The summed E-state index contributed by atoms with van der Waals surface area (Å²) in [4.78, 5) is 20.2. The first-order valence-electron chi connectivity index (χ1n) is 11.2. The highest BCUT2D eigenvalue weighted by Crippen LogP contribution is 2.30. The van der Waals surface area contributed by atoms with Crippen molar-refractivity contribution in [2.45, 2.75) is 39.3 Å². The fourth-order valence-electron chi connectivity index (χ4n) is 3.72. The van der Waals surface area contributed by atoms with Crippen molar-refractivity contribution >= 4 is 28.8 Å². The number of fused-ring (bicyclic) bond motifs is 1. The second-order valence-corrected chi connectivity index (χ2v) is 9.04. The number of aryl methyl sites for hydroxylation is 1. The molecule has 172 valence electrons. The molecule has 0 fully saturated rings. The number of nitrogens with zero attached hydrogens (tertiary/aromatic N) is 4. The van der Waals surface area contributed by atoms with Crippen molar-refractivity contribution in [3.05, 3.63) is 71.8 Å². The number of para-hydroxylation sites is 2. The lowest BCUT2D eigenvalue weighted by Gasteiger charge is -2.23. The van der Waals surface area contributed by atoms with Gasteiger partial charge in [0.15, 0.2) is 0 Å². The van der Waals surface area contributed by atoms with Crippen LogP contribution in [0.5, 0.6) is 5.75 Å². The van der Waals surface area contributed by atoms with Crippen LogP contribution in [-0.4, -0.2) is 45.4 Å². The molecular formula is C25H29N5O2S. The van der Waals surface area contributed by atoms with Crippen molar-refractivity contribution < 1.29 is 9.53 Å². The highest BCUT2D eigenvalue weighted by molar-refractivity contribution is 7.80. The van der Waals surface area contributed by atoms with E-state index >= 15 is 0 Å². The molecule has 0 unspecified atom stereocenters. The van der Waals surface area contributed by atoms with E-state index in [1.165, 1.54) is 0 Å². The molecule has 4 rings (SSSR count). The van der Waals surface area contributed by atoms with Gasteiger partial charge in [-0.25, -0.2) is 9.67 Å². The first-order chi connectivity index (χ1) is 15.9. The number of ether oxygens (including phenoxy) is 1. The van der Waals surface area contributed by atoms with Gasteiger partial charge in [0.25, 0.3) is 5.91 Å². The van der Waals surface area contributed by atoms with E-state index in [4.69, 9.17) is 17.0 Å². The number of anilines is 1. The predicted molar refractivity (Wildman–Crippen MR) is 133 cm³/mol. The molecule has 1 N–H and O–H groups in total. The van der Waals surface area contributed by atoms with E-state index in [1.807, 2.05) is 59.1 Å². The normalized spacial score (nSPS) is 15.7. The summed E-state index contributed by atoms with van der Waals surface area (Å²) in [6.07, 6.45) is 1.57. The molecule has 0 saturated carbocycles. The summed E-state index contributed by atoms with van der Waals surface area (Å²) >= 11 is 5.65. The van der Waals surface area contributed by atoms with Crippen LogP contribution in [0.2, 0.25) is 0 Å². The summed E-state index contributed by atoms with van der Waals surface area (Å²) in [6.45, 7) is 5.30. The molecule has 3 aromatic rings. The van der Waals surface area contributed by atoms with Crippen LogP contribution < -0.4 is 15.0 Å². The third-order valence-electron chi connectivity index (χ3n) is 5.64. The van der Waals surface area contributed by atoms with E-state index in [9.17, 15) is 4.79 Å². The molecule has 0 saturated heterocycles. The van der Waals surface area contributed by atoms with Gasteiger partial charge in [0.1, 0.15) is 29.2 Å². The maximum absolute atomic E-state index is 13.1. The number of hydrogen-bond acceptors (Lipinski definition) is 5. The largest absolute Gasteiger partial charge is 0.489 e. The monoisotopic (exact) mass is 463 g/mol. The van der Waals surface area contributed by atoms with E-state index in [0.29, 0.717) is 23.9 Å². The molecule has 0 spiro atoms. The van der Waals surface area contributed by atoms with Gasteiger partial charge < -0.3 is 15.0 Å². The number of thiocarbonyl (C=S) groups is 1. The highest BCUT2D eigenvalue weighted by atomic mass is 32.1. The Morgan fingerprint density at radius 2 is 1.91 bits per heavy atom. The molecule has 1 atom stereocenters. The number of hydrogen-bond donors (Lipinski definition) is 1. The molecular weight excluding hydrogens is 434 g/mol. The van der Waals surface area contributed by atoms with Gasteiger partial charge in [0, 0.05) is 20.0 Å². The van der Waals surface area contributed by atoms with E-state index in [2.05, 4.69) is 41.4 Å². The van der Waals surface area contributed by atoms with Crippen LogP contribution in [0.1, 0.15) is 42.3 Å². The third kappa shape index (κ3) is 5.39. The number of benzene rings is 2. The topological polar surface area (TPSA) is 72.3 Å².